The van der Waals surface area contributed by atoms with Gasteiger partial charge in [-0.2, -0.15) is 0 Å². The molecule has 0 bridgehead atoms. The average Bonchev–Trinajstić information content (AvgIpc) is 2.76. The minimum absolute atomic E-state index is 0. The van der Waals surface area contributed by atoms with Crippen LogP contribution in [-0.2, 0) is 4.79 Å². The Kier molecular flexibility index (Phi) is 7.91. The molecule has 2 rings (SSSR count). The minimum Gasteiger partial charge on any atom is -0.339 e. The maximum Gasteiger partial charge on any atom is 0.253 e. The normalized spacial score (nSPS) is 14.7. The molecule has 1 saturated heterocycles. The molecule has 0 aliphatic carbocycles. The number of carbonyl (C=O) groups is 2. The molecule has 1 aliphatic heterocycles. The first kappa shape index (κ1) is 18.5. The van der Waals surface area contributed by atoms with Gasteiger partial charge >= 0.3 is 0 Å². The third-order valence-corrected chi connectivity index (χ3v) is 3.68. The number of amides is 2. The molecule has 0 saturated carbocycles. The SMILES string of the molecule is Cl.NCCC(=O)Nc1ccc(C(=O)N2CCCCCC2)cc1. The van der Waals surface area contributed by atoms with Gasteiger partial charge in [0.2, 0.25) is 5.91 Å². The molecule has 6 heteroatoms. The van der Waals surface area contributed by atoms with Gasteiger partial charge in [-0.25, -0.2) is 0 Å². The molecule has 1 aromatic carbocycles. The van der Waals surface area contributed by atoms with Crippen molar-refractivity contribution in [2.24, 2.45) is 5.73 Å². The molecule has 0 unspecified atom stereocenters. The highest BCUT2D eigenvalue weighted by atomic mass is 35.5. The number of halogens is 1. The summed E-state index contributed by atoms with van der Waals surface area (Å²) in [6.45, 7) is 2.01. The fourth-order valence-electron chi connectivity index (χ4n) is 2.51. The Morgan fingerprint density at radius 1 is 1.05 bits per heavy atom. The van der Waals surface area contributed by atoms with E-state index in [-0.39, 0.29) is 24.2 Å². The fraction of sp³-hybridized carbons (Fsp3) is 0.500. The second-order valence-corrected chi connectivity index (χ2v) is 5.37. The molecular weight excluding hydrogens is 302 g/mol. The van der Waals surface area contributed by atoms with E-state index in [1.807, 2.05) is 4.90 Å². The van der Waals surface area contributed by atoms with Gasteiger partial charge < -0.3 is 16.0 Å². The average molecular weight is 326 g/mol. The molecule has 0 radical (unpaired) electrons. The molecule has 1 aliphatic rings. The fourth-order valence-corrected chi connectivity index (χ4v) is 2.51. The summed E-state index contributed by atoms with van der Waals surface area (Å²) < 4.78 is 0. The zero-order chi connectivity index (χ0) is 15.1. The second kappa shape index (κ2) is 9.43. The number of benzene rings is 1. The molecule has 2 amide bonds. The smallest absolute Gasteiger partial charge is 0.253 e. The first-order chi connectivity index (χ1) is 10.2. The monoisotopic (exact) mass is 325 g/mol. The Labute approximate surface area is 137 Å². The lowest BCUT2D eigenvalue weighted by atomic mass is 10.1. The van der Waals surface area contributed by atoms with Gasteiger partial charge in [-0.15, -0.1) is 12.4 Å². The van der Waals surface area contributed by atoms with Crippen LogP contribution in [0.25, 0.3) is 0 Å². The number of nitrogens with one attached hydrogen (secondary N) is 1. The van der Waals surface area contributed by atoms with Crippen molar-refractivity contribution >= 4 is 29.9 Å². The lowest BCUT2D eigenvalue weighted by Gasteiger charge is -2.20. The van der Waals surface area contributed by atoms with Crippen LogP contribution in [-0.4, -0.2) is 36.3 Å². The van der Waals surface area contributed by atoms with E-state index in [1.165, 1.54) is 12.8 Å². The lowest BCUT2D eigenvalue weighted by Crippen LogP contribution is -2.31. The van der Waals surface area contributed by atoms with Crippen LogP contribution in [0.15, 0.2) is 24.3 Å². The summed E-state index contributed by atoms with van der Waals surface area (Å²) in [7, 11) is 0. The quantitative estimate of drug-likeness (QED) is 0.892. The number of anilines is 1. The molecule has 1 aromatic rings. The highest BCUT2D eigenvalue weighted by molar-refractivity contribution is 5.95. The number of hydrogen-bond donors (Lipinski definition) is 2. The van der Waals surface area contributed by atoms with Crippen molar-refractivity contribution in [2.75, 3.05) is 25.0 Å². The van der Waals surface area contributed by atoms with Crippen molar-refractivity contribution in [3.8, 4) is 0 Å². The zero-order valence-electron chi connectivity index (χ0n) is 12.7. The van der Waals surface area contributed by atoms with E-state index in [1.54, 1.807) is 24.3 Å². The number of hydrogen-bond acceptors (Lipinski definition) is 3. The second-order valence-electron chi connectivity index (χ2n) is 5.37. The van der Waals surface area contributed by atoms with Gasteiger partial charge in [0.1, 0.15) is 0 Å². The third-order valence-electron chi connectivity index (χ3n) is 3.68. The summed E-state index contributed by atoms with van der Waals surface area (Å²) in [5.74, 6) is -0.0270. The zero-order valence-corrected chi connectivity index (χ0v) is 13.5. The lowest BCUT2D eigenvalue weighted by molar-refractivity contribution is -0.116. The van der Waals surface area contributed by atoms with Crippen molar-refractivity contribution in [3.05, 3.63) is 29.8 Å². The van der Waals surface area contributed by atoms with Crippen LogP contribution >= 0.6 is 12.4 Å². The number of nitrogens with two attached hydrogens (primary N) is 1. The summed E-state index contributed by atoms with van der Waals surface area (Å²) in [5.41, 5.74) is 6.70. The molecule has 0 aromatic heterocycles. The predicted octanol–water partition coefficient (Wildman–Crippen LogP) is 2.41. The van der Waals surface area contributed by atoms with Crippen LogP contribution in [0.3, 0.4) is 0 Å². The topological polar surface area (TPSA) is 75.4 Å². The van der Waals surface area contributed by atoms with Gasteiger partial charge in [-0.05, 0) is 37.1 Å². The molecule has 0 spiro atoms. The highest BCUT2D eigenvalue weighted by Gasteiger charge is 2.17. The van der Waals surface area contributed by atoms with Crippen LogP contribution in [0.4, 0.5) is 5.69 Å². The number of nitrogens with zero attached hydrogens (tertiary/aromatic N) is 1. The number of carbonyl (C=O) groups excluding carboxylic acids is 2. The first-order valence-electron chi connectivity index (χ1n) is 7.60. The van der Waals surface area contributed by atoms with Crippen LogP contribution in [0.2, 0.25) is 0 Å². The Morgan fingerprint density at radius 3 is 2.18 bits per heavy atom. The maximum absolute atomic E-state index is 12.4. The van der Waals surface area contributed by atoms with E-state index in [0.717, 1.165) is 25.9 Å². The molecule has 0 atom stereocenters. The highest BCUT2D eigenvalue weighted by Crippen LogP contribution is 2.15. The molecule has 1 fully saturated rings. The summed E-state index contributed by atoms with van der Waals surface area (Å²) >= 11 is 0. The molecular formula is C16H24ClN3O2. The van der Waals surface area contributed by atoms with Crippen LogP contribution in [0.5, 0.6) is 0 Å². The Hall–Kier alpha value is -1.59. The Bertz CT molecular complexity index is 483. The van der Waals surface area contributed by atoms with E-state index < -0.39 is 0 Å². The van der Waals surface area contributed by atoms with E-state index in [4.69, 9.17) is 5.73 Å². The van der Waals surface area contributed by atoms with Crippen LogP contribution in [0, 0.1) is 0 Å². The molecule has 1 heterocycles. The Morgan fingerprint density at radius 2 is 1.64 bits per heavy atom. The van der Waals surface area contributed by atoms with Gasteiger partial charge in [0.15, 0.2) is 0 Å². The van der Waals surface area contributed by atoms with Crippen molar-refractivity contribution in [1.29, 1.82) is 0 Å². The van der Waals surface area contributed by atoms with E-state index >= 15 is 0 Å². The molecule has 122 valence electrons. The van der Waals surface area contributed by atoms with E-state index in [2.05, 4.69) is 5.32 Å². The standard InChI is InChI=1S/C16H23N3O2.ClH/c17-10-9-15(20)18-14-7-5-13(6-8-14)16(21)19-11-3-1-2-4-12-19;/h5-8H,1-4,9-12,17H2,(H,18,20);1H. The Balaban J connectivity index is 0.00000242. The minimum atomic E-state index is -0.107. The van der Waals surface area contributed by atoms with Crippen LogP contribution < -0.4 is 11.1 Å². The first-order valence-corrected chi connectivity index (χ1v) is 7.60. The van der Waals surface area contributed by atoms with Gasteiger partial charge in [0, 0.05) is 37.3 Å². The van der Waals surface area contributed by atoms with Crippen molar-refractivity contribution in [1.82, 2.24) is 4.90 Å². The molecule has 3 N–H and O–H groups in total. The summed E-state index contributed by atoms with van der Waals surface area (Å²) in [6, 6.07) is 7.06. The van der Waals surface area contributed by atoms with Crippen molar-refractivity contribution in [3.63, 3.8) is 0 Å². The van der Waals surface area contributed by atoms with Gasteiger partial charge in [-0.3, -0.25) is 9.59 Å². The summed E-state index contributed by atoms with van der Waals surface area (Å²) in [6.07, 6.45) is 4.87. The summed E-state index contributed by atoms with van der Waals surface area (Å²) in [4.78, 5) is 25.8. The predicted molar refractivity (Wildman–Crippen MR) is 90.4 cm³/mol. The number of likely N-dealkylation sites (tertiary alicyclic amines) is 1. The molecule has 22 heavy (non-hydrogen) atoms. The largest absolute Gasteiger partial charge is 0.339 e. The number of rotatable bonds is 4. The summed E-state index contributed by atoms with van der Waals surface area (Å²) in [5, 5.41) is 2.75. The van der Waals surface area contributed by atoms with Crippen molar-refractivity contribution < 1.29 is 9.59 Å². The van der Waals surface area contributed by atoms with Gasteiger partial charge in [-0.1, -0.05) is 12.8 Å². The third kappa shape index (κ3) is 5.31. The van der Waals surface area contributed by atoms with E-state index in [9.17, 15) is 9.59 Å². The maximum atomic E-state index is 12.4. The van der Waals surface area contributed by atoms with Crippen molar-refractivity contribution in [2.45, 2.75) is 32.1 Å². The van der Waals surface area contributed by atoms with Crippen LogP contribution in [0.1, 0.15) is 42.5 Å². The van der Waals surface area contributed by atoms with Gasteiger partial charge in [0.05, 0.1) is 0 Å². The van der Waals surface area contributed by atoms with Gasteiger partial charge in [0.25, 0.3) is 5.91 Å². The van der Waals surface area contributed by atoms with E-state index in [0.29, 0.717) is 24.2 Å². The molecule has 5 nitrogen and oxygen atoms in total.